The van der Waals surface area contributed by atoms with Crippen molar-refractivity contribution in [3.63, 3.8) is 0 Å². The molecule has 1 N–H and O–H groups in total. The minimum Gasteiger partial charge on any atom is -0.326 e. The maximum absolute atomic E-state index is 12.2. The van der Waals surface area contributed by atoms with E-state index in [0.717, 1.165) is 6.20 Å². The minimum absolute atomic E-state index is 0.517. The van der Waals surface area contributed by atoms with E-state index in [-0.39, 0.29) is 0 Å². The Morgan fingerprint density at radius 1 is 1.45 bits per heavy atom. The van der Waals surface area contributed by atoms with Crippen LogP contribution in [0, 0.1) is 5.82 Å². The second kappa shape index (κ2) is 2.77. The number of rotatable bonds is 1. The van der Waals surface area contributed by atoms with Crippen molar-refractivity contribution >= 4 is 0 Å². The fourth-order valence-electron chi connectivity index (χ4n) is 0.636. The minimum atomic E-state index is -2.94. The quantitative estimate of drug-likeness (QED) is 0.667. The van der Waals surface area contributed by atoms with Crippen molar-refractivity contribution in [1.29, 1.82) is 0 Å². The lowest BCUT2D eigenvalue weighted by molar-refractivity contribution is 0.149. The first kappa shape index (κ1) is 7.84. The molecule has 0 radical (unpaired) electrons. The molecule has 0 aliphatic heterocycles. The molecule has 0 aliphatic rings. The molecule has 1 aromatic rings. The van der Waals surface area contributed by atoms with E-state index in [9.17, 15) is 18.0 Å². The first-order valence-corrected chi connectivity index (χ1v) is 2.77. The van der Waals surface area contributed by atoms with Gasteiger partial charge in [-0.1, -0.05) is 0 Å². The summed E-state index contributed by atoms with van der Waals surface area (Å²) in [5.74, 6) is -0.875. The fraction of sp³-hybridized carbons (Fsp3) is 0.167. The standard InChI is InChI=1S/C6H4F3NO/c7-3-1-4(5(8)9)6(11)10-2-3/h1-2,5H,(H,10,11). The van der Waals surface area contributed by atoms with Gasteiger partial charge in [-0.2, -0.15) is 0 Å². The monoisotopic (exact) mass is 163 g/mol. The second-order valence-corrected chi connectivity index (χ2v) is 1.90. The van der Waals surface area contributed by atoms with E-state index < -0.39 is 23.4 Å². The molecular weight excluding hydrogens is 159 g/mol. The zero-order valence-electron chi connectivity index (χ0n) is 5.27. The van der Waals surface area contributed by atoms with Crippen LogP contribution in [-0.4, -0.2) is 4.98 Å². The van der Waals surface area contributed by atoms with Gasteiger partial charge in [0.2, 0.25) is 0 Å². The number of alkyl halides is 2. The van der Waals surface area contributed by atoms with Gasteiger partial charge >= 0.3 is 0 Å². The molecule has 0 amide bonds. The van der Waals surface area contributed by atoms with Gasteiger partial charge in [-0.3, -0.25) is 4.79 Å². The molecule has 5 heteroatoms. The highest BCUT2D eigenvalue weighted by atomic mass is 19.3. The van der Waals surface area contributed by atoms with Gasteiger partial charge in [0.25, 0.3) is 12.0 Å². The Hall–Kier alpha value is -1.26. The zero-order valence-corrected chi connectivity index (χ0v) is 5.27. The summed E-state index contributed by atoms with van der Waals surface area (Å²) >= 11 is 0. The molecule has 0 bridgehead atoms. The average Bonchev–Trinajstić information content (AvgIpc) is 1.94. The molecule has 0 aliphatic carbocycles. The third-order valence-electron chi connectivity index (χ3n) is 1.13. The molecule has 0 unspecified atom stereocenters. The zero-order chi connectivity index (χ0) is 8.43. The lowest BCUT2D eigenvalue weighted by atomic mass is 10.3. The van der Waals surface area contributed by atoms with Crippen LogP contribution in [0.4, 0.5) is 13.2 Å². The molecule has 1 rings (SSSR count). The molecule has 60 valence electrons. The maximum Gasteiger partial charge on any atom is 0.269 e. The summed E-state index contributed by atoms with van der Waals surface area (Å²) in [6, 6.07) is 0.517. The summed E-state index contributed by atoms with van der Waals surface area (Å²) in [6.07, 6.45) is -2.21. The van der Waals surface area contributed by atoms with Crippen molar-refractivity contribution in [3.8, 4) is 0 Å². The van der Waals surface area contributed by atoms with Crippen LogP contribution in [0.1, 0.15) is 12.0 Å². The van der Waals surface area contributed by atoms with Gasteiger partial charge in [0.05, 0.1) is 5.56 Å². The molecule has 0 saturated carbocycles. The lowest BCUT2D eigenvalue weighted by Gasteiger charge is -1.95. The number of H-pyrrole nitrogens is 1. The first-order valence-electron chi connectivity index (χ1n) is 2.77. The molecule has 0 atom stereocenters. The average molecular weight is 163 g/mol. The van der Waals surface area contributed by atoms with E-state index in [1.807, 2.05) is 4.98 Å². The van der Waals surface area contributed by atoms with Crippen LogP contribution in [0.5, 0.6) is 0 Å². The molecule has 0 fully saturated rings. The number of aromatic nitrogens is 1. The topological polar surface area (TPSA) is 32.9 Å². The van der Waals surface area contributed by atoms with Gasteiger partial charge in [0.15, 0.2) is 0 Å². The van der Waals surface area contributed by atoms with Crippen LogP contribution in [0.15, 0.2) is 17.1 Å². The highest BCUT2D eigenvalue weighted by molar-refractivity contribution is 5.11. The molecule has 0 aromatic carbocycles. The second-order valence-electron chi connectivity index (χ2n) is 1.90. The van der Waals surface area contributed by atoms with Crippen LogP contribution < -0.4 is 5.56 Å². The van der Waals surface area contributed by atoms with Gasteiger partial charge in [0.1, 0.15) is 5.82 Å². The summed E-state index contributed by atoms with van der Waals surface area (Å²) < 4.78 is 35.8. The summed E-state index contributed by atoms with van der Waals surface area (Å²) in [4.78, 5) is 12.3. The van der Waals surface area contributed by atoms with Crippen molar-refractivity contribution in [3.05, 3.63) is 34.0 Å². The summed E-state index contributed by atoms with van der Waals surface area (Å²) in [5, 5.41) is 0. The molecule has 0 spiro atoms. The maximum atomic E-state index is 12.2. The molecule has 1 heterocycles. The fourth-order valence-corrected chi connectivity index (χ4v) is 0.636. The van der Waals surface area contributed by atoms with Crippen LogP contribution in [0.2, 0.25) is 0 Å². The SMILES string of the molecule is O=c1[nH]cc(F)cc1C(F)F. The first-order chi connectivity index (χ1) is 5.11. The van der Waals surface area contributed by atoms with E-state index in [1.54, 1.807) is 0 Å². The van der Waals surface area contributed by atoms with E-state index >= 15 is 0 Å². The van der Waals surface area contributed by atoms with Gasteiger partial charge in [-0.15, -0.1) is 0 Å². The number of halogens is 3. The van der Waals surface area contributed by atoms with E-state index in [0.29, 0.717) is 6.07 Å². The molecule has 1 aromatic heterocycles. The van der Waals surface area contributed by atoms with Crippen LogP contribution in [0.3, 0.4) is 0 Å². The smallest absolute Gasteiger partial charge is 0.269 e. The van der Waals surface area contributed by atoms with Crippen LogP contribution in [-0.2, 0) is 0 Å². The molecule has 2 nitrogen and oxygen atoms in total. The third kappa shape index (κ3) is 1.60. The lowest BCUT2D eigenvalue weighted by Crippen LogP contribution is -2.12. The largest absolute Gasteiger partial charge is 0.326 e. The normalized spacial score (nSPS) is 10.5. The highest BCUT2D eigenvalue weighted by Gasteiger charge is 2.11. The van der Waals surface area contributed by atoms with E-state index in [1.165, 1.54) is 0 Å². The molecule has 11 heavy (non-hydrogen) atoms. The van der Waals surface area contributed by atoms with Crippen molar-refractivity contribution in [1.82, 2.24) is 4.98 Å². The van der Waals surface area contributed by atoms with Gasteiger partial charge in [-0.25, -0.2) is 13.2 Å². The Bertz CT molecular complexity index is 307. The van der Waals surface area contributed by atoms with Crippen molar-refractivity contribution in [2.75, 3.05) is 0 Å². The third-order valence-corrected chi connectivity index (χ3v) is 1.13. The summed E-state index contributed by atoms with van der Waals surface area (Å²) in [5.41, 5.74) is -1.80. The van der Waals surface area contributed by atoms with Crippen molar-refractivity contribution in [2.24, 2.45) is 0 Å². The van der Waals surface area contributed by atoms with Crippen molar-refractivity contribution < 1.29 is 13.2 Å². The van der Waals surface area contributed by atoms with Crippen LogP contribution >= 0.6 is 0 Å². The van der Waals surface area contributed by atoms with Crippen molar-refractivity contribution in [2.45, 2.75) is 6.43 Å². The predicted molar refractivity (Wildman–Crippen MR) is 32.0 cm³/mol. The Labute approximate surface area is 59.7 Å². The van der Waals surface area contributed by atoms with Gasteiger partial charge in [-0.05, 0) is 6.07 Å². The summed E-state index contributed by atoms with van der Waals surface area (Å²) in [7, 11) is 0. The highest BCUT2D eigenvalue weighted by Crippen LogP contribution is 2.13. The Balaban J connectivity index is 3.24. The van der Waals surface area contributed by atoms with E-state index in [2.05, 4.69) is 0 Å². The van der Waals surface area contributed by atoms with E-state index in [4.69, 9.17) is 0 Å². The number of pyridine rings is 1. The number of hydrogen-bond donors (Lipinski definition) is 1. The van der Waals surface area contributed by atoms with Gasteiger partial charge < -0.3 is 4.98 Å². The Morgan fingerprint density at radius 2 is 2.09 bits per heavy atom. The number of hydrogen-bond acceptors (Lipinski definition) is 1. The number of aromatic amines is 1. The number of nitrogens with one attached hydrogen (secondary N) is 1. The van der Waals surface area contributed by atoms with Gasteiger partial charge in [0, 0.05) is 6.20 Å². The molecular formula is C6H4F3NO. The molecule has 0 saturated heterocycles. The van der Waals surface area contributed by atoms with Crippen LogP contribution in [0.25, 0.3) is 0 Å². The Kier molecular flexibility index (Phi) is 1.98. The predicted octanol–water partition coefficient (Wildman–Crippen LogP) is 1.45. The Morgan fingerprint density at radius 3 is 2.55 bits per heavy atom. The summed E-state index contributed by atoms with van der Waals surface area (Å²) in [6.45, 7) is 0.